The van der Waals surface area contributed by atoms with Gasteiger partial charge in [-0.05, 0) is 37.6 Å². The third kappa shape index (κ3) is 3.95. The van der Waals surface area contributed by atoms with Crippen LogP contribution in [-0.2, 0) is 6.18 Å². The van der Waals surface area contributed by atoms with Crippen molar-refractivity contribution in [3.05, 3.63) is 52.5 Å². The van der Waals surface area contributed by atoms with Crippen LogP contribution < -0.4 is 15.0 Å². The van der Waals surface area contributed by atoms with Crippen LogP contribution in [0.5, 0.6) is 5.75 Å². The lowest BCUT2D eigenvalue weighted by molar-refractivity contribution is -0.137. The van der Waals surface area contributed by atoms with Crippen molar-refractivity contribution in [2.24, 2.45) is 0 Å². The van der Waals surface area contributed by atoms with Crippen LogP contribution in [0.25, 0.3) is 11.3 Å². The van der Waals surface area contributed by atoms with E-state index in [9.17, 15) is 18.0 Å². The van der Waals surface area contributed by atoms with Crippen LogP contribution in [0.3, 0.4) is 0 Å². The molecule has 30 heavy (non-hydrogen) atoms. The molecule has 0 atom stereocenters. The topological polar surface area (TPSA) is 67.4 Å². The van der Waals surface area contributed by atoms with Crippen LogP contribution >= 0.6 is 11.3 Å². The summed E-state index contributed by atoms with van der Waals surface area (Å²) in [6, 6.07) is 6.16. The number of alkyl halides is 3. The average Bonchev–Trinajstić information content (AvgIpc) is 3.11. The number of nitrogens with zero attached hydrogens (tertiary/aromatic N) is 3. The Bertz CT molecular complexity index is 1110. The molecule has 3 aromatic rings. The number of fused-ring (bicyclic) bond motifs is 1. The van der Waals surface area contributed by atoms with E-state index in [1.807, 2.05) is 12.3 Å². The molecule has 0 saturated heterocycles. The number of carbonyl (C=O) groups excluding carboxylic acids is 1. The van der Waals surface area contributed by atoms with E-state index in [0.29, 0.717) is 27.7 Å². The summed E-state index contributed by atoms with van der Waals surface area (Å²) in [7, 11) is 0. The number of carbonyl (C=O) groups is 1. The zero-order chi connectivity index (χ0) is 21.5. The number of amides is 2. The molecule has 0 radical (unpaired) electrons. The lowest BCUT2D eigenvalue weighted by Crippen LogP contribution is -2.41. The molecule has 10 heteroatoms. The van der Waals surface area contributed by atoms with E-state index in [1.54, 1.807) is 19.1 Å². The van der Waals surface area contributed by atoms with Gasteiger partial charge in [-0.25, -0.2) is 14.8 Å². The van der Waals surface area contributed by atoms with Gasteiger partial charge in [-0.1, -0.05) is 12.1 Å². The van der Waals surface area contributed by atoms with Gasteiger partial charge in [-0.15, -0.1) is 11.3 Å². The summed E-state index contributed by atoms with van der Waals surface area (Å²) < 4.78 is 45.0. The molecule has 1 aliphatic rings. The average molecular weight is 434 g/mol. The molecular formula is C20H17F3N4O2S. The van der Waals surface area contributed by atoms with Crippen molar-refractivity contribution in [2.45, 2.75) is 20.0 Å². The van der Waals surface area contributed by atoms with Gasteiger partial charge in [0.2, 0.25) is 0 Å². The summed E-state index contributed by atoms with van der Waals surface area (Å²) in [5, 5.41) is 5.00. The molecule has 0 bridgehead atoms. The molecule has 1 N–H and O–H groups in total. The highest BCUT2D eigenvalue weighted by Crippen LogP contribution is 2.38. The lowest BCUT2D eigenvalue weighted by atomic mass is 10.1. The predicted octanol–water partition coefficient (Wildman–Crippen LogP) is 5.27. The van der Waals surface area contributed by atoms with Crippen LogP contribution in [0.4, 0.5) is 28.9 Å². The highest BCUT2D eigenvalue weighted by Gasteiger charge is 2.31. The SMILES string of the molecule is Cc1csc(NC(=O)N2CCOc3c(C)cc(-c4cccc(C(F)(F)F)c4)nc32)n1. The van der Waals surface area contributed by atoms with E-state index in [0.717, 1.165) is 17.8 Å². The number of rotatable bonds is 2. The first-order valence-electron chi connectivity index (χ1n) is 9.05. The fourth-order valence-corrected chi connectivity index (χ4v) is 3.80. The van der Waals surface area contributed by atoms with Gasteiger partial charge in [0, 0.05) is 10.9 Å². The number of aryl methyl sites for hydroxylation is 2. The standard InChI is InChI=1S/C20H17F3N4O2S/c1-11-8-15(13-4-3-5-14(9-13)20(21,22)23)25-17-16(11)29-7-6-27(17)19(28)26-18-24-12(2)10-30-18/h3-5,8-10H,6-7H2,1-2H3,(H,24,26,28). The van der Waals surface area contributed by atoms with Crippen molar-refractivity contribution in [1.82, 2.24) is 9.97 Å². The maximum absolute atomic E-state index is 13.1. The van der Waals surface area contributed by atoms with Gasteiger partial charge in [0.1, 0.15) is 6.61 Å². The number of halogens is 3. The zero-order valence-electron chi connectivity index (χ0n) is 16.1. The number of urea groups is 1. The molecule has 2 aromatic heterocycles. The summed E-state index contributed by atoms with van der Waals surface area (Å²) in [5.41, 5.74) is 1.33. The minimum Gasteiger partial charge on any atom is -0.488 e. The number of ether oxygens (including phenoxy) is 1. The molecule has 0 saturated carbocycles. The van der Waals surface area contributed by atoms with E-state index in [2.05, 4.69) is 15.3 Å². The number of anilines is 2. The Hall–Kier alpha value is -3.14. The number of aromatic nitrogens is 2. The molecule has 1 aliphatic heterocycles. The van der Waals surface area contributed by atoms with E-state index < -0.39 is 17.8 Å². The molecule has 6 nitrogen and oxygen atoms in total. The highest BCUT2D eigenvalue weighted by molar-refractivity contribution is 7.13. The summed E-state index contributed by atoms with van der Waals surface area (Å²) in [6.45, 7) is 4.12. The van der Waals surface area contributed by atoms with E-state index in [-0.39, 0.29) is 19.0 Å². The van der Waals surface area contributed by atoms with Crippen molar-refractivity contribution in [3.8, 4) is 17.0 Å². The zero-order valence-corrected chi connectivity index (χ0v) is 16.9. The second kappa shape index (κ2) is 7.60. The largest absolute Gasteiger partial charge is 0.488 e. The van der Waals surface area contributed by atoms with Crippen LogP contribution in [0.15, 0.2) is 35.7 Å². The third-order valence-electron chi connectivity index (χ3n) is 4.52. The van der Waals surface area contributed by atoms with Gasteiger partial charge in [-0.3, -0.25) is 10.2 Å². The predicted molar refractivity (Wildman–Crippen MR) is 108 cm³/mol. The van der Waals surface area contributed by atoms with Gasteiger partial charge in [-0.2, -0.15) is 13.2 Å². The van der Waals surface area contributed by atoms with Crippen molar-refractivity contribution in [1.29, 1.82) is 0 Å². The summed E-state index contributed by atoms with van der Waals surface area (Å²) in [6.07, 6.45) is -4.46. The highest BCUT2D eigenvalue weighted by atomic mass is 32.1. The second-order valence-electron chi connectivity index (χ2n) is 6.78. The number of nitrogens with one attached hydrogen (secondary N) is 1. The Morgan fingerprint density at radius 2 is 2.03 bits per heavy atom. The van der Waals surface area contributed by atoms with E-state index in [4.69, 9.17) is 4.74 Å². The third-order valence-corrected chi connectivity index (χ3v) is 5.40. The van der Waals surface area contributed by atoms with Crippen LogP contribution in [0.2, 0.25) is 0 Å². The van der Waals surface area contributed by atoms with Gasteiger partial charge in [0.15, 0.2) is 16.7 Å². The first-order chi connectivity index (χ1) is 14.2. The molecule has 0 unspecified atom stereocenters. The first-order valence-corrected chi connectivity index (χ1v) is 9.93. The molecule has 0 aliphatic carbocycles. The van der Waals surface area contributed by atoms with Crippen LogP contribution in [0, 0.1) is 13.8 Å². The first kappa shape index (κ1) is 20.1. The maximum atomic E-state index is 13.1. The smallest absolute Gasteiger partial charge is 0.416 e. The molecule has 0 fully saturated rings. The maximum Gasteiger partial charge on any atom is 0.416 e. The number of benzene rings is 1. The normalized spacial score (nSPS) is 13.6. The van der Waals surface area contributed by atoms with E-state index in [1.165, 1.54) is 22.3 Å². The minimum absolute atomic E-state index is 0.252. The van der Waals surface area contributed by atoms with Crippen molar-refractivity contribution < 1.29 is 22.7 Å². The van der Waals surface area contributed by atoms with E-state index >= 15 is 0 Å². The minimum atomic E-state index is -4.46. The van der Waals surface area contributed by atoms with Crippen molar-refractivity contribution >= 4 is 28.3 Å². The Labute approximate surface area is 174 Å². The monoisotopic (exact) mass is 434 g/mol. The van der Waals surface area contributed by atoms with Gasteiger partial charge < -0.3 is 4.74 Å². The number of thiazole rings is 1. The van der Waals surface area contributed by atoms with Gasteiger partial charge in [0.05, 0.1) is 23.5 Å². The molecule has 156 valence electrons. The van der Waals surface area contributed by atoms with Crippen molar-refractivity contribution in [2.75, 3.05) is 23.4 Å². The van der Waals surface area contributed by atoms with Gasteiger partial charge >= 0.3 is 12.2 Å². The van der Waals surface area contributed by atoms with Gasteiger partial charge in [0.25, 0.3) is 0 Å². The summed E-state index contributed by atoms with van der Waals surface area (Å²) >= 11 is 1.30. The lowest BCUT2D eigenvalue weighted by Gasteiger charge is -2.29. The number of pyridine rings is 1. The van der Waals surface area contributed by atoms with Crippen molar-refractivity contribution in [3.63, 3.8) is 0 Å². The van der Waals surface area contributed by atoms with Crippen LogP contribution in [-0.4, -0.2) is 29.2 Å². The fourth-order valence-electron chi connectivity index (χ4n) is 3.12. The molecule has 3 heterocycles. The summed E-state index contributed by atoms with van der Waals surface area (Å²) in [4.78, 5) is 22.9. The van der Waals surface area contributed by atoms with Crippen LogP contribution in [0.1, 0.15) is 16.8 Å². The number of hydrogen-bond acceptors (Lipinski definition) is 5. The molecule has 4 rings (SSSR count). The molecule has 2 amide bonds. The Morgan fingerprint density at radius 3 is 2.73 bits per heavy atom. The quantitative estimate of drug-likeness (QED) is 0.597. The Morgan fingerprint density at radius 1 is 1.23 bits per heavy atom. The Balaban J connectivity index is 1.71. The Kier molecular flexibility index (Phi) is 5.10. The number of hydrogen-bond donors (Lipinski definition) is 1. The second-order valence-corrected chi connectivity index (χ2v) is 7.64. The fraction of sp³-hybridized carbons (Fsp3) is 0.250. The molecular weight excluding hydrogens is 417 g/mol. The summed E-state index contributed by atoms with van der Waals surface area (Å²) in [5.74, 6) is 0.696. The molecule has 0 spiro atoms. The molecule has 1 aromatic carbocycles.